The molecule has 1 amide bonds. The van der Waals surface area contributed by atoms with Gasteiger partial charge in [0.2, 0.25) is 0 Å². The van der Waals surface area contributed by atoms with Crippen LogP contribution in [-0.4, -0.2) is 50.7 Å². The summed E-state index contributed by atoms with van der Waals surface area (Å²) >= 11 is 0. The predicted octanol–water partition coefficient (Wildman–Crippen LogP) is 1.77. The zero-order valence-electron chi connectivity index (χ0n) is 13.5. The topological polar surface area (TPSA) is 91.4 Å². The summed E-state index contributed by atoms with van der Waals surface area (Å²) < 4.78 is 21.1. The number of halogens is 1. The molecule has 126 valence electrons. The molecule has 0 spiro atoms. The third-order valence-corrected chi connectivity index (χ3v) is 3.62. The largest absolute Gasteiger partial charge is 0.444 e. The monoisotopic (exact) mass is 324 g/mol. The molecule has 0 aliphatic carbocycles. The van der Waals surface area contributed by atoms with Crippen molar-refractivity contribution in [2.45, 2.75) is 51.6 Å². The van der Waals surface area contributed by atoms with E-state index in [9.17, 15) is 19.6 Å². The average Bonchev–Trinajstić information content (AvgIpc) is 2.87. The van der Waals surface area contributed by atoms with E-state index in [1.54, 1.807) is 20.8 Å². The van der Waals surface area contributed by atoms with Crippen molar-refractivity contribution < 1.29 is 19.0 Å². The Morgan fingerprint density at radius 3 is 2.83 bits per heavy atom. The second kappa shape index (κ2) is 6.54. The van der Waals surface area contributed by atoms with Crippen LogP contribution in [0.3, 0.4) is 0 Å². The number of alkyl halides is 1. The van der Waals surface area contributed by atoms with E-state index in [1.807, 2.05) is 6.07 Å². The number of likely N-dealkylation sites (tertiary alicyclic amines) is 1. The molecule has 0 bridgehead atoms. The molecule has 0 unspecified atom stereocenters. The highest BCUT2D eigenvalue weighted by atomic mass is 19.1. The molecule has 0 radical (unpaired) electrons. The Bertz CT molecular complexity index is 617. The summed E-state index contributed by atoms with van der Waals surface area (Å²) in [7, 11) is 0. The first-order chi connectivity index (χ1) is 10.8. The van der Waals surface area contributed by atoms with E-state index < -0.39 is 23.9 Å². The predicted molar refractivity (Wildman–Crippen MR) is 79.2 cm³/mol. The number of aliphatic hydroxyl groups is 1. The standard InChI is InChI=1S/C15H21FN4O3/c1-15(2,3)23-14(22)19-5-4-12(11(16)8-19)20-13(6-17)10(9-21)7-18-20/h7,11-12,21H,4-5,8-9H2,1-3H3/t11-,12-/m0/s1. The van der Waals surface area contributed by atoms with Crippen molar-refractivity contribution >= 4 is 6.09 Å². The van der Waals surface area contributed by atoms with E-state index in [4.69, 9.17) is 4.74 Å². The number of aliphatic hydroxyl groups excluding tert-OH is 1. The smallest absolute Gasteiger partial charge is 0.410 e. The van der Waals surface area contributed by atoms with Crippen LogP contribution in [0, 0.1) is 11.3 Å². The second-order valence-electron chi connectivity index (χ2n) is 6.53. The minimum absolute atomic E-state index is 0.112. The molecule has 0 saturated carbocycles. The van der Waals surface area contributed by atoms with Gasteiger partial charge in [-0.2, -0.15) is 10.4 Å². The van der Waals surface area contributed by atoms with Crippen LogP contribution in [0.2, 0.25) is 0 Å². The van der Waals surface area contributed by atoms with Gasteiger partial charge in [0.1, 0.15) is 23.5 Å². The number of rotatable bonds is 2. The number of carbonyl (C=O) groups excluding carboxylic acids is 1. The molecule has 23 heavy (non-hydrogen) atoms. The van der Waals surface area contributed by atoms with Crippen molar-refractivity contribution in [2.24, 2.45) is 0 Å². The Kier molecular flexibility index (Phi) is 4.90. The van der Waals surface area contributed by atoms with Crippen molar-refractivity contribution in [1.29, 1.82) is 5.26 Å². The molecule has 1 saturated heterocycles. The molecule has 2 heterocycles. The lowest BCUT2D eigenvalue weighted by molar-refractivity contribution is 0.00568. The van der Waals surface area contributed by atoms with Gasteiger partial charge in [-0.3, -0.25) is 0 Å². The summed E-state index contributed by atoms with van der Waals surface area (Å²) in [6.07, 6.45) is -0.224. The first kappa shape index (κ1) is 17.2. The number of hydrogen-bond acceptors (Lipinski definition) is 5. The number of carbonyl (C=O) groups is 1. The summed E-state index contributed by atoms with van der Waals surface area (Å²) in [4.78, 5) is 13.3. The van der Waals surface area contributed by atoms with Crippen LogP contribution < -0.4 is 0 Å². The molecule has 8 heteroatoms. The van der Waals surface area contributed by atoms with Gasteiger partial charge < -0.3 is 14.7 Å². The molecule has 1 fully saturated rings. The highest BCUT2D eigenvalue weighted by molar-refractivity contribution is 5.68. The summed E-state index contributed by atoms with van der Waals surface area (Å²) in [5.74, 6) is 0. The Morgan fingerprint density at radius 1 is 1.61 bits per heavy atom. The molecule has 1 aliphatic heterocycles. The molecule has 1 aliphatic rings. The lowest BCUT2D eigenvalue weighted by Gasteiger charge is -2.35. The van der Waals surface area contributed by atoms with Gasteiger partial charge >= 0.3 is 6.09 Å². The summed E-state index contributed by atoms with van der Waals surface area (Å²) in [6.45, 7) is 5.15. The maximum absolute atomic E-state index is 14.5. The molecule has 1 N–H and O–H groups in total. The summed E-state index contributed by atoms with van der Waals surface area (Å²) in [5, 5.41) is 22.4. The van der Waals surface area contributed by atoms with Gasteiger partial charge in [0.25, 0.3) is 0 Å². The molecular weight excluding hydrogens is 303 g/mol. The third kappa shape index (κ3) is 3.79. The van der Waals surface area contributed by atoms with Crippen molar-refractivity contribution in [3.8, 4) is 6.07 Å². The number of aromatic nitrogens is 2. The SMILES string of the molecule is CC(C)(C)OC(=O)N1CC[C@H](n2ncc(CO)c2C#N)[C@@H](F)C1. The molecule has 7 nitrogen and oxygen atoms in total. The number of piperidine rings is 1. The van der Waals surface area contributed by atoms with E-state index in [0.717, 1.165) is 0 Å². The Hall–Kier alpha value is -2.14. The van der Waals surface area contributed by atoms with Crippen LogP contribution in [0.15, 0.2) is 6.20 Å². The number of nitrogens with zero attached hydrogens (tertiary/aromatic N) is 4. The van der Waals surface area contributed by atoms with E-state index >= 15 is 0 Å². The number of nitriles is 1. The lowest BCUT2D eigenvalue weighted by Crippen LogP contribution is -2.47. The van der Waals surface area contributed by atoms with Crippen LogP contribution in [0.5, 0.6) is 0 Å². The minimum Gasteiger partial charge on any atom is -0.444 e. The van der Waals surface area contributed by atoms with Crippen molar-refractivity contribution in [1.82, 2.24) is 14.7 Å². The van der Waals surface area contributed by atoms with Crippen LogP contribution in [0.1, 0.15) is 44.5 Å². The molecule has 1 aromatic rings. The normalized spacial score (nSPS) is 21.8. The van der Waals surface area contributed by atoms with Crippen LogP contribution in [-0.2, 0) is 11.3 Å². The zero-order valence-corrected chi connectivity index (χ0v) is 13.5. The number of amides is 1. The van der Waals surface area contributed by atoms with E-state index in [0.29, 0.717) is 18.5 Å². The zero-order chi connectivity index (χ0) is 17.2. The highest BCUT2D eigenvalue weighted by Crippen LogP contribution is 2.28. The van der Waals surface area contributed by atoms with E-state index in [1.165, 1.54) is 15.8 Å². The molecular formula is C15H21FN4O3. The molecule has 2 rings (SSSR count). The Balaban J connectivity index is 2.09. The fraction of sp³-hybridized carbons (Fsp3) is 0.667. The van der Waals surface area contributed by atoms with Crippen LogP contribution >= 0.6 is 0 Å². The number of hydrogen-bond donors (Lipinski definition) is 1. The van der Waals surface area contributed by atoms with Crippen molar-refractivity contribution in [3.05, 3.63) is 17.5 Å². The number of ether oxygens (including phenoxy) is 1. The quantitative estimate of drug-likeness (QED) is 0.895. The first-order valence-electron chi connectivity index (χ1n) is 7.46. The third-order valence-electron chi connectivity index (χ3n) is 3.62. The lowest BCUT2D eigenvalue weighted by atomic mass is 10.0. The summed E-state index contributed by atoms with van der Waals surface area (Å²) in [6, 6.07) is 1.31. The Morgan fingerprint density at radius 2 is 2.30 bits per heavy atom. The van der Waals surface area contributed by atoms with Gasteiger partial charge in [0, 0.05) is 12.1 Å². The van der Waals surface area contributed by atoms with Gasteiger partial charge in [-0.25, -0.2) is 13.9 Å². The second-order valence-corrected chi connectivity index (χ2v) is 6.53. The van der Waals surface area contributed by atoms with Gasteiger partial charge in [0.05, 0.1) is 25.4 Å². The molecule has 2 atom stereocenters. The maximum Gasteiger partial charge on any atom is 0.410 e. The first-order valence-corrected chi connectivity index (χ1v) is 7.46. The highest BCUT2D eigenvalue weighted by Gasteiger charge is 2.36. The van der Waals surface area contributed by atoms with Gasteiger partial charge in [0.15, 0.2) is 0 Å². The minimum atomic E-state index is -1.37. The fourth-order valence-electron chi connectivity index (χ4n) is 2.55. The van der Waals surface area contributed by atoms with Crippen molar-refractivity contribution in [2.75, 3.05) is 13.1 Å². The van der Waals surface area contributed by atoms with Crippen molar-refractivity contribution in [3.63, 3.8) is 0 Å². The van der Waals surface area contributed by atoms with E-state index in [-0.39, 0.29) is 18.8 Å². The van der Waals surface area contributed by atoms with Gasteiger partial charge in [-0.05, 0) is 27.2 Å². The maximum atomic E-state index is 14.5. The Labute approximate surface area is 134 Å². The van der Waals surface area contributed by atoms with Gasteiger partial charge in [-0.1, -0.05) is 0 Å². The van der Waals surface area contributed by atoms with E-state index in [2.05, 4.69) is 5.10 Å². The summed E-state index contributed by atoms with van der Waals surface area (Å²) in [5.41, 5.74) is -0.105. The van der Waals surface area contributed by atoms with Gasteiger partial charge in [-0.15, -0.1) is 0 Å². The fourth-order valence-corrected chi connectivity index (χ4v) is 2.55. The van der Waals surface area contributed by atoms with Crippen LogP contribution in [0.25, 0.3) is 0 Å². The molecule has 0 aromatic carbocycles. The van der Waals surface area contributed by atoms with Crippen LogP contribution in [0.4, 0.5) is 9.18 Å². The molecule has 1 aromatic heterocycles. The average molecular weight is 324 g/mol.